The Morgan fingerprint density at radius 3 is 0.695 bits per heavy atom. The van der Waals surface area contributed by atoms with Gasteiger partial charge in [-0.25, -0.2) is 9.97 Å². The zero-order valence-electron chi connectivity index (χ0n) is 34.5. The van der Waals surface area contributed by atoms with E-state index in [9.17, 15) is 0 Å². The van der Waals surface area contributed by atoms with Crippen LogP contribution in [0.5, 0.6) is 0 Å². The van der Waals surface area contributed by atoms with Gasteiger partial charge in [0.15, 0.2) is 0 Å². The molecular formula is C52H44N4O2Ru-2. The van der Waals surface area contributed by atoms with Crippen LogP contribution >= 0.6 is 0 Å². The van der Waals surface area contributed by atoms with E-state index in [0.717, 1.165) is 89.4 Å². The Bertz CT molecular complexity index is 2640. The van der Waals surface area contributed by atoms with Crippen molar-refractivity contribution in [1.29, 1.82) is 0 Å². The Hall–Kier alpha value is -6.30. The second-order valence-electron chi connectivity index (χ2n) is 15.5. The summed E-state index contributed by atoms with van der Waals surface area (Å²) in [7, 11) is 0. The van der Waals surface area contributed by atoms with Gasteiger partial charge in [-0.15, -0.1) is 22.1 Å². The molecule has 0 aliphatic carbocycles. The zero-order valence-corrected chi connectivity index (χ0v) is 36.2. The van der Waals surface area contributed by atoms with Gasteiger partial charge in [0.05, 0.1) is 22.8 Å². The summed E-state index contributed by atoms with van der Waals surface area (Å²) in [5.74, 6) is 0. The maximum atomic E-state index is 8.46. The summed E-state index contributed by atoms with van der Waals surface area (Å²) < 4.78 is 16.9. The van der Waals surface area contributed by atoms with Gasteiger partial charge >= 0.3 is 24.2 Å². The van der Waals surface area contributed by atoms with E-state index in [0.29, 0.717) is 0 Å². The molecule has 59 heavy (non-hydrogen) atoms. The number of rotatable bonds is 4. The fourth-order valence-corrected chi connectivity index (χ4v) is 8.95. The summed E-state index contributed by atoms with van der Waals surface area (Å²) in [5, 5.41) is 0. The normalized spacial score (nSPS) is 11.8. The van der Waals surface area contributed by atoms with Crippen molar-refractivity contribution < 1.29 is 24.2 Å². The molecule has 0 saturated heterocycles. The number of benzene rings is 4. The molecule has 2 aliphatic heterocycles. The van der Waals surface area contributed by atoms with Gasteiger partial charge in [-0.05, 0) is 169 Å². The number of aryl methyl sites for hydroxylation is 8. The van der Waals surface area contributed by atoms with Gasteiger partial charge in [0.25, 0.3) is 0 Å². The van der Waals surface area contributed by atoms with Gasteiger partial charge in [-0.3, -0.25) is 0 Å². The molecule has 0 N–H and O–H groups in total. The molecule has 8 bridgehead atoms. The second-order valence-corrected chi connectivity index (χ2v) is 15.8. The van der Waals surface area contributed by atoms with Crippen LogP contribution in [-0.2, 0) is 24.2 Å². The summed E-state index contributed by atoms with van der Waals surface area (Å²) >= 11 is -1.79. The first-order valence-electron chi connectivity index (χ1n) is 19.7. The van der Waals surface area contributed by atoms with E-state index < -0.39 is 17.0 Å². The van der Waals surface area contributed by atoms with E-state index in [2.05, 4.69) is 177 Å². The Kier molecular flexibility index (Phi) is 10.8. The standard InChI is InChI=1S/C52H44N4.2O.Ru/c1-29-13-9-14-30(2)45(29)49-37-21-23-39(53-37)50(46-31(3)15-10-16-32(46)4)41-25-27-43(55-41)52(48-35(7)19-12-20-36(48)8)44-28-26-42(56-44)51(40-24-22-38(49)54-40)47-33(5)17-11-18-34(47)6;;;/h9-28H,1-8H3;;;/q-2;;;. The van der Waals surface area contributed by atoms with Gasteiger partial charge in [-0.1, -0.05) is 97.1 Å². The van der Waals surface area contributed by atoms with Crippen LogP contribution in [0.25, 0.3) is 90.9 Å². The van der Waals surface area contributed by atoms with Crippen molar-refractivity contribution in [1.82, 2.24) is 19.9 Å². The molecule has 0 amide bonds. The minimum absolute atomic E-state index is 0.884. The van der Waals surface area contributed by atoms with E-state index in [1.54, 1.807) is 0 Å². The molecule has 4 aromatic carbocycles. The van der Waals surface area contributed by atoms with Crippen molar-refractivity contribution >= 4 is 46.4 Å². The van der Waals surface area contributed by atoms with Crippen molar-refractivity contribution in [3.05, 3.63) is 164 Å². The molecule has 0 radical (unpaired) electrons. The van der Waals surface area contributed by atoms with Gasteiger partial charge < -0.3 is 9.97 Å². The van der Waals surface area contributed by atoms with Crippen molar-refractivity contribution in [3.63, 3.8) is 0 Å². The third-order valence-electron chi connectivity index (χ3n) is 11.5. The van der Waals surface area contributed by atoms with Crippen LogP contribution in [0.15, 0.2) is 97.1 Å². The summed E-state index contributed by atoms with van der Waals surface area (Å²) in [6.45, 7) is 17.4. The molecule has 3 aromatic heterocycles. The molecule has 294 valence electrons. The van der Waals surface area contributed by atoms with E-state index >= 15 is 0 Å². The fraction of sp³-hybridized carbons (Fsp3) is 0.154. The first-order chi connectivity index (χ1) is 28.5. The molecule has 7 heteroatoms. The Balaban J connectivity index is 0.00000157. The maximum absolute atomic E-state index is 8.46. The average molecular weight is 858 g/mol. The molecule has 0 atom stereocenters. The zero-order chi connectivity index (χ0) is 41.5. The monoisotopic (exact) mass is 858 g/mol. The van der Waals surface area contributed by atoms with Gasteiger partial charge in [0, 0.05) is 0 Å². The van der Waals surface area contributed by atoms with Crippen LogP contribution in [0, 0.1) is 55.4 Å². The first-order valence-corrected chi connectivity index (χ1v) is 21.1. The SMILES string of the molecule is Cc1cccc(C)c1-c1c2nc(c(-c3c(C)cccc3C)c3ccc([n-]3)c(-c3c(C)cccc3C)c3nc(c(-c4c(C)cccc4C)c4ccc1[n-]4)C=C3)C=C2.[O]=[Ru]=[O]. The van der Waals surface area contributed by atoms with Crippen molar-refractivity contribution in [2.45, 2.75) is 55.4 Å². The number of hydrogen-bond donors (Lipinski definition) is 0. The summed E-state index contributed by atoms with van der Waals surface area (Å²) in [5.41, 5.74) is 25.2. The fourth-order valence-electron chi connectivity index (χ4n) is 8.95. The minimum atomic E-state index is -1.79. The van der Waals surface area contributed by atoms with Crippen molar-refractivity contribution in [2.75, 3.05) is 0 Å². The van der Waals surface area contributed by atoms with Crippen LogP contribution in [0.2, 0.25) is 0 Å². The van der Waals surface area contributed by atoms with Crippen molar-refractivity contribution in [3.8, 4) is 44.5 Å². The van der Waals surface area contributed by atoms with Crippen molar-refractivity contribution in [2.24, 2.45) is 0 Å². The average Bonchev–Trinajstić information content (AvgIpc) is 4.04. The second kappa shape index (κ2) is 16.2. The molecule has 2 aliphatic rings. The van der Waals surface area contributed by atoms with Crippen LogP contribution < -0.4 is 9.97 Å². The first kappa shape index (κ1) is 39.5. The summed E-state index contributed by atoms with van der Waals surface area (Å²) in [6, 6.07) is 34.6. The molecule has 0 fully saturated rings. The summed E-state index contributed by atoms with van der Waals surface area (Å²) in [6.07, 6.45) is 8.65. The predicted octanol–water partition coefficient (Wildman–Crippen LogP) is 12.8. The van der Waals surface area contributed by atoms with E-state index in [1.807, 2.05) is 0 Å². The molecule has 0 unspecified atom stereocenters. The van der Waals surface area contributed by atoms with Crippen LogP contribution in [0.4, 0.5) is 0 Å². The Morgan fingerprint density at radius 2 is 0.508 bits per heavy atom. The molecule has 7 aromatic rings. The number of aromatic nitrogens is 4. The summed E-state index contributed by atoms with van der Waals surface area (Å²) in [4.78, 5) is 22.1. The van der Waals surface area contributed by atoms with E-state index in [-0.39, 0.29) is 0 Å². The molecule has 6 nitrogen and oxygen atoms in total. The third-order valence-corrected chi connectivity index (χ3v) is 11.5. The van der Waals surface area contributed by atoms with Gasteiger partial charge in [0.2, 0.25) is 0 Å². The molecule has 0 spiro atoms. The number of nitrogens with zero attached hydrogens (tertiary/aromatic N) is 4. The third kappa shape index (κ3) is 7.15. The Morgan fingerprint density at radius 1 is 0.322 bits per heavy atom. The van der Waals surface area contributed by atoms with Gasteiger partial charge in [-0.2, -0.15) is 0 Å². The molecule has 5 heterocycles. The predicted molar refractivity (Wildman–Crippen MR) is 238 cm³/mol. The van der Waals surface area contributed by atoms with E-state index in [1.165, 1.54) is 44.5 Å². The topological polar surface area (TPSA) is 88.1 Å². The van der Waals surface area contributed by atoms with Crippen LogP contribution in [0.1, 0.15) is 67.3 Å². The number of fused-ring (bicyclic) bond motifs is 8. The molecular weight excluding hydrogens is 814 g/mol. The quantitative estimate of drug-likeness (QED) is 0.164. The number of hydrogen-bond acceptors (Lipinski definition) is 4. The van der Waals surface area contributed by atoms with E-state index in [4.69, 9.17) is 27.1 Å². The Labute approximate surface area is 353 Å². The molecule has 9 rings (SSSR count). The van der Waals surface area contributed by atoms with Crippen LogP contribution in [-0.4, -0.2) is 9.97 Å². The molecule has 0 saturated carbocycles. The van der Waals surface area contributed by atoms with Crippen LogP contribution in [0.3, 0.4) is 0 Å². The van der Waals surface area contributed by atoms with Gasteiger partial charge in [0.1, 0.15) is 0 Å².